The van der Waals surface area contributed by atoms with E-state index in [4.69, 9.17) is 0 Å². The summed E-state index contributed by atoms with van der Waals surface area (Å²) >= 11 is 1.79. The van der Waals surface area contributed by atoms with E-state index in [1.165, 1.54) is 38.0 Å². The van der Waals surface area contributed by atoms with Gasteiger partial charge in [0.05, 0.1) is 0 Å². The minimum atomic E-state index is 0.794. The Hall–Kier alpha value is -0.420. The van der Waals surface area contributed by atoms with Crippen molar-refractivity contribution in [2.45, 2.75) is 25.3 Å². The summed E-state index contributed by atoms with van der Waals surface area (Å²) in [5, 5.41) is 7.96. The average Bonchev–Trinajstić information content (AvgIpc) is 2.92. The second-order valence-electron chi connectivity index (χ2n) is 5.67. The van der Waals surface area contributed by atoms with Crippen LogP contribution in [0.15, 0.2) is 16.8 Å². The molecule has 0 spiro atoms. The molecule has 1 aromatic heterocycles. The third kappa shape index (κ3) is 5.22. The maximum absolute atomic E-state index is 3.56. The van der Waals surface area contributed by atoms with Crippen LogP contribution in [0.4, 0.5) is 0 Å². The fourth-order valence-electron chi connectivity index (χ4n) is 2.69. The maximum Gasteiger partial charge on any atom is 0.0113 e. The molecule has 2 rings (SSSR count). The lowest BCUT2D eigenvalue weighted by atomic mass is 10.0. The summed E-state index contributed by atoms with van der Waals surface area (Å²) < 4.78 is 0. The maximum atomic E-state index is 3.56. The summed E-state index contributed by atoms with van der Waals surface area (Å²) in [4.78, 5) is 4.97. The Morgan fingerprint density at radius 2 is 2.11 bits per heavy atom. The molecule has 1 fully saturated rings. The van der Waals surface area contributed by atoms with E-state index in [0.29, 0.717) is 0 Å². The van der Waals surface area contributed by atoms with Crippen molar-refractivity contribution in [1.29, 1.82) is 0 Å². The molecule has 19 heavy (non-hydrogen) atoms. The third-order valence-corrected chi connectivity index (χ3v) is 4.79. The highest BCUT2D eigenvalue weighted by atomic mass is 32.1. The first kappa shape index (κ1) is 15.0. The molecule has 0 unspecified atom stereocenters. The van der Waals surface area contributed by atoms with Crippen LogP contribution in [0.3, 0.4) is 0 Å². The van der Waals surface area contributed by atoms with Crippen LogP contribution in [-0.4, -0.2) is 62.7 Å². The number of nitrogens with one attached hydrogen (secondary N) is 1. The Kier molecular flexibility index (Phi) is 6.31. The van der Waals surface area contributed by atoms with Crippen LogP contribution in [0.5, 0.6) is 0 Å². The van der Waals surface area contributed by atoms with E-state index in [2.05, 4.69) is 46.0 Å². The van der Waals surface area contributed by atoms with Crippen molar-refractivity contribution in [2.75, 3.05) is 46.8 Å². The molecule has 0 aliphatic carbocycles. The summed E-state index contributed by atoms with van der Waals surface area (Å²) in [7, 11) is 4.40. The predicted molar refractivity (Wildman–Crippen MR) is 84.0 cm³/mol. The number of nitrogens with zero attached hydrogens (tertiary/aromatic N) is 2. The molecule has 0 amide bonds. The molecule has 2 heterocycles. The van der Waals surface area contributed by atoms with Gasteiger partial charge in [-0.1, -0.05) is 0 Å². The number of likely N-dealkylation sites (tertiary alicyclic amines) is 1. The normalized spacial score (nSPS) is 18.3. The van der Waals surface area contributed by atoms with Crippen LogP contribution in [0.25, 0.3) is 0 Å². The SMILES string of the molecule is CN(C)C1CCN(CCNCCc2ccsc2)CC1. The Morgan fingerprint density at radius 3 is 2.74 bits per heavy atom. The van der Waals surface area contributed by atoms with Crippen LogP contribution in [0.1, 0.15) is 18.4 Å². The Morgan fingerprint density at radius 1 is 1.32 bits per heavy atom. The Labute approximate surface area is 121 Å². The predicted octanol–water partition coefficient (Wildman–Crippen LogP) is 1.91. The van der Waals surface area contributed by atoms with E-state index < -0.39 is 0 Å². The van der Waals surface area contributed by atoms with E-state index >= 15 is 0 Å². The number of hydrogen-bond donors (Lipinski definition) is 1. The van der Waals surface area contributed by atoms with E-state index in [1.54, 1.807) is 11.3 Å². The van der Waals surface area contributed by atoms with Crippen LogP contribution >= 0.6 is 11.3 Å². The minimum absolute atomic E-state index is 0.794. The molecule has 1 aliphatic rings. The van der Waals surface area contributed by atoms with E-state index in [9.17, 15) is 0 Å². The van der Waals surface area contributed by atoms with Crippen molar-refractivity contribution < 1.29 is 0 Å². The fraction of sp³-hybridized carbons (Fsp3) is 0.733. The summed E-state index contributed by atoms with van der Waals surface area (Å²) in [6, 6.07) is 3.01. The highest BCUT2D eigenvalue weighted by Gasteiger charge is 2.19. The van der Waals surface area contributed by atoms with Crippen molar-refractivity contribution in [1.82, 2.24) is 15.1 Å². The molecule has 3 nitrogen and oxygen atoms in total. The summed E-state index contributed by atoms with van der Waals surface area (Å²) in [5.74, 6) is 0. The van der Waals surface area contributed by atoms with E-state index in [1.807, 2.05) is 0 Å². The fourth-order valence-corrected chi connectivity index (χ4v) is 3.39. The van der Waals surface area contributed by atoms with Crippen LogP contribution in [-0.2, 0) is 6.42 Å². The zero-order valence-corrected chi connectivity index (χ0v) is 13.1. The van der Waals surface area contributed by atoms with Gasteiger partial charge in [0, 0.05) is 19.1 Å². The minimum Gasteiger partial charge on any atom is -0.315 e. The molecule has 0 radical (unpaired) electrons. The molecule has 4 heteroatoms. The lowest BCUT2D eigenvalue weighted by Crippen LogP contribution is -2.44. The van der Waals surface area contributed by atoms with Crippen molar-refractivity contribution in [3.63, 3.8) is 0 Å². The highest BCUT2D eigenvalue weighted by molar-refractivity contribution is 7.07. The largest absolute Gasteiger partial charge is 0.315 e. The number of piperidine rings is 1. The highest BCUT2D eigenvalue weighted by Crippen LogP contribution is 2.13. The lowest BCUT2D eigenvalue weighted by molar-refractivity contribution is 0.145. The zero-order chi connectivity index (χ0) is 13.5. The van der Waals surface area contributed by atoms with Gasteiger partial charge in [-0.25, -0.2) is 0 Å². The number of rotatable bonds is 7. The van der Waals surface area contributed by atoms with Gasteiger partial charge in [0.2, 0.25) is 0 Å². The van der Waals surface area contributed by atoms with Gasteiger partial charge >= 0.3 is 0 Å². The quantitative estimate of drug-likeness (QED) is 0.770. The molecule has 1 aromatic rings. The summed E-state index contributed by atoms with van der Waals surface area (Å²) in [6.45, 7) is 5.94. The smallest absolute Gasteiger partial charge is 0.0113 e. The van der Waals surface area contributed by atoms with Gasteiger partial charge in [0.15, 0.2) is 0 Å². The molecule has 0 atom stereocenters. The molecule has 1 N–H and O–H groups in total. The van der Waals surface area contributed by atoms with Crippen LogP contribution < -0.4 is 5.32 Å². The van der Waals surface area contributed by atoms with Crippen molar-refractivity contribution in [2.24, 2.45) is 0 Å². The van der Waals surface area contributed by atoms with Gasteiger partial charge in [-0.05, 0) is 75.4 Å². The van der Waals surface area contributed by atoms with Crippen molar-refractivity contribution in [3.8, 4) is 0 Å². The van der Waals surface area contributed by atoms with Crippen molar-refractivity contribution in [3.05, 3.63) is 22.4 Å². The van der Waals surface area contributed by atoms with Gasteiger partial charge in [-0.15, -0.1) is 0 Å². The molecule has 108 valence electrons. The monoisotopic (exact) mass is 281 g/mol. The second kappa shape index (κ2) is 8.00. The molecule has 0 bridgehead atoms. The molecular formula is C15H27N3S. The molecule has 0 saturated carbocycles. The standard InChI is InChI=1S/C15H27N3S/c1-17(2)15-4-9-18(10-5-15)11-8-16-7-3-14-6-12-19-13-14/h6,12-13,15-16H,3-5,7-11H2,1-2H3. The van der Waals surface area contributed by atoms with Gasteiger partial charge in [-0.3, -0.25) is 0 Å². The van der Waals surface area contributed by atoms with E-state index in [-0.39, 0.29) is 0 Å². The Balaban J connectivity index is 1.50. The first-order chi connectivity index (χ1) is 9.25. The van der Waals surface area contributed by atoms with Crippen molar-refractivity contribution >= 4 is 11.3 Å². The van der Waals surface area contributed by atoms with Crippen LogP contribution in [0.2, 0.25) is 0 Å². The topological polar surface area (TPSA) is 18.5 Å². The Bertz CT molecular complexity index is 329. The zero-order valence-electron chi connectivity index (χ0n) is 12.3. The molecule has 1 aliphatic heterocycles. The second-order valence-corrected chi connectivity index (χ2v) is 6.45. The van der Waals surface area contributed by atoms with E-state index in [0.717, 1.165) is 25.6 Å². The molecular weight excluding hydrogens is 254 g/mol. The lowest BCUT2D eigenvalue weighted by Gasteiger charge is -2.35. The average molecular weight is 281 g/mol. The summed E-state index contributed by atoms with van der Waals surface area (Å²) in [6.07, 6.45) is 3.80. The molecule has 1 saturated heterocycles. The first-order valence-corrected chi connectivity index (χ1v) is 8.30. The molecule has 0 aromatic carbocycles. The number of hydrogen-bond acceptors (Lipinski definition) is 4. The first-order valence-electron chi connectivity index (χ1n) is 7.36. The van der Waals surface area contributed by atoms with Crippen LogP contribution in [0, 0.1) is 0 Å². The van der Waals surface area contributed by atoms with Gasteiger partial charge in [0.25, 0.3) is 0 Å². The third-order valence-electron chi connectivity index (χ3n) is 4.06. The summed E-state index contributed by atoms with van der Waals surface area (Å²) in [5.41, 5.74) is 1.46. The van der Waals surface area contributed by atoms with Gasteiger partial charge in [-0.2, -0.15) is 11.3 Å². The van der Waals surface area contributed by atoms with Gasteiger partial charge in [0.1, 0.15) is 0 Å². The van der Waals surface area contributed by atoms with Gasteiger partial charge < -0.3 is 15.1 Å². The number of thiophene rings is 1.